The molecule has 3 aromatic rings. The van der Waals surface area contributed by atoms with Gasteiger partial charge < -0.3 is 10.5 Å². The van der Waals surface area contributed by atoms with Crippen LogP contribution in [0.4, 0.5) is 5.82 Å². The van der Waals surface area contributed by atoms with Crippen molar-refractivity contribution >= 4 is 57.2 Å². The average molecular weight is 472 g/mol. The third kappa shape index (κ3) is 3.62. The number of rotatable bonds is 5. The molecule has 0 unspecified atom stereocenters. The van der Waals surface area contributed by atoms with Gasteiger partial charge in [-0.3, -0.25) is 14.6 Å². The van der Waals surface area contributed by atoms with Gasteiger partial charge in [0.2, 0.25) is 0 Å². The highest BCUT2D eigenvalue weighted by molar-refractivity contribution is 14.1. The van der Waals surface area contributed by atoms with Crippen molar-refractivity contribution in [2.45, 2.75) is 16.6 Å². The van der Waals surface area contributed by atoms with Crippen molar-refractivity contribution < 1.29 is 14.7 Å². The zero-order chi connectivity index (χ0) is 18.0. The van der Waals surface area contributed by atoms with E-state index in [4.69, 9.17) is 15.7 Å². The number of fused-ring (bicyclic) bond motifs is 1. The maximum absolute atomic E-state index is 11.7. The molecule has 9 nitrogen and oxygen atoms in total. The van der Waals surface area contributed by atoms with Crippen LogP contribution in [0.3, 0.4) is 0 Å². The van der Waals surface area contributed by atoms with E-state index in [9.17, 15) is 4.79 Å². The molecule has 0 saturated heterocycles. The summed E-state index contributed by atoms with van der Waals surface area (Å²) in [6.45, 7) is -0.160. The maximum Gasteiger partial charge on any atom is 0.263 e. The number of anilines is 1. The second kappa shape index (κ2) is 7.41. The fraction of sp³-hybridized carbons (Fsp3) is 0.143. The second-order valence-electron chi connectivity index (χ2n) is 4.85. The summed E-state index contributed by atoms with van der Waals surface area (Å²) in [7, 11) is 1.59. The number of benzene rings is 1. The van der Waals surface area contributed by atoms with Crippen molar-refractivity contribution in [1.29, 1.82) is 0 Å². The summed E-state index contributed by atoms with van der Waals surface area (Å²) in [5, 5.41) is 9.34. The minimum atomic E-state index is -0.598. The van der Waals surface area contributed by atoms with Crippen LogP contribution in [0.5, 0.6) is 5.75 Å². The Kier molecular flexibility index (Phi) is 5.24. The number of carbonyl (C=O) groups excluding carboxylic acids is 1. The topological polar surface area (TPSA) is 128 Å². The number of nitrogens with one attached hydrogen (secondary N) is 1. The summed E-state index contributed by atoms with van der Waals surface area (Å²) in [6, 6.07) is 5.65. The van der Waals surface area contributed by atoms with Crippen LogP contribution >= 0.6 is 34.4 Å². The zero-order valence-corrected chi connectivity index (χ0v) is 15.9. The highest BCUT2D eigenvalue weighted by atomic mass is 127. The van der Waals surface area contributed by atoms with Crippen molar-refractivity contribution in [1.82, 2.24) is 25.0 Å². The third-order valence-electron chi connectivity index (χ3n) is 3.29. The van der Waals surface area contributed by atoms with Gasteiger partial charge in [-0.15, -0.1) is 0 Å². The average Bonchev–Trinajstić information content (AvgIpc) is 2.95. The monoisotopic (exact) mass is 472 g/mol. The van der Waals surface area contributed by atoms with Gasteiger partial charge in [0.15, 0.2) is 22.1 Å². The van der Waals surface area contributed by atoms with Gasteiger partial charge in [-0.05, 0) is 40.8 Å². The van der Waals surface area contributed by atoms with E-state index in [1.54, 1.807) is 17.2 Å². The van der Waals surface area contributed by atoms with Crippen molar-refractivity contribution in [2.24, 2.45) is 0 Å². The highest BCUT2D eigenvalue weighted by Crippen LogP contribution is 2.35. The number of hydrogen-bond acceptors (Lipinski definition) is 8. The van der Waals surface area contributed by atoms with E-state index >= 15 is 0 Å². The van der Waals surface area contributed by atoms with Crippen LogP contribution in [0.2, 0.25) is 0 Å². The first-order valence-corrected chi connectivity index (χ1v) is 8.84. The number of amides is 1. The van der Waals surface area contributed by atoms with Gasteiger partial charge in [0.05, 0.1) is 7.11 Å². The quantitative estimate of drug-likeness (QED) is 0.291. The van der Waals surface area contributed by atoms with Gasteiger partial charge >= 0.3 is 0 Å². The molecule has 1 amide bonds. The summed E-state index contributed by atoms with van der Waals surface area (Å²) >= 11 is 3.54. The molecule has 0 fully saturated rings. The number of aromatic nitrogens is 4. The fourth-order valence-electron chi connectivity index (χ4n) is 2.12. The zero-order valence-electron chi connectivity index (χ0n) is 12.9. The first-order valence-electron chi connectivity index (χ1n) is 6.94. The Morgan fingerprint density at radius 3 is 3.00 bits per heavy atom. The molecule has 0 atom stereocenters. The molecule has 4 N–H and O–H groups in total. The Labute approximate surface area is 160 Å². The molecule has 3 rings (SSSR count). The minimum absolute atomic E-state index is 0.160. The Morgan fingerprint density at radius 2 is 2.28 bits per heavy atom. The van der Waals surface area contributed by atoms with E-state index in [2.05, 4.69) is 37.5 Å². The third-order valence-corrected chi connectivity index (χ3v) is 5.65. The molecule has 1 aromatic carbocycles. The number of halogens is 1. The van der Waals surface area contributed by atoms with E-state index in [0.717, 1.165) is 8.47 Å². The molecule has 0 aliphatic carbocycles. The minimum Gasteiger partial charge on any atom is -0.497 e. The smallest absolute Gasteiger partial charge is 0.263 e. The highest BCUT2D eigenvalue weighted by Gasteiger charge is 2.19. The number of hydroxylamine groups is 1. The van der Waals surface area contributed by atoms with Crippen LogP contribution < -0.4 is 16.0 Å². The van der Waals surface area contributed by atoms with E-state index in [1.807, 2.05) is 18.2 Å². The van der Waals surface area contributed by atoms with Crippen LogP contribution in [0, 0.1) is 3.57 Å². The lowest BCUT2D eigenvalue weighted by Crippen LogP contribution is -2.24. The van der Waals surface area contributed by atoms with Crippen LogP contribution in [-0.2, 0) is 11.3 Å². The molecule has 0 aliphatic rings. The number of nitrogen functional groups attached to an aromatic ring is 1. The normalized spacial score (nSPS) is 10.8. The van der Waals surface area contributed by atoms with E-state index < -0.39 is 5.91 Å². The molecule has 0 saturated carbocycles. The number of carbonyl (C=O) groups is 1. The van der Waals surface area contributed by atoms with E-state index in [0.29, 0.717) is 22.1 Å². The lowest BCUT2D eigenvalue weighted by atomic mass is 10.3. The van der Waals surface area contributed by atoms with Gasteiger partial charge in [-0.2, -0.15) is 0 Å². The molecule has 130 valence electrons. The molecule has 2 heterocycles. The Bertz CT molecular complexity index is 948. The number of hydrogen-bond donors (Lipinski definition) is 3. The summed E-state index contributed by atoms with van der Waals surface area (Å²) < 4.78 is 7.82. The van der Waals surface area contributed by atoms with Crippen LogP contribution in [-0.4, -0.2) is 37.7 Å². The summed E-state index contributed by atoms with van der Waals surface area (Å²) in [5.41, 5.74) is 8.28. The Hall–Kier alpha value is -2.12. The predicted octanol–water partition coefficient (Wildman–Crippen LogP) is 1.68. The first-order chi connectivity index (χ1) is 12.0. The van der Waals surface area contributed by atoms with Crippen molar-refractivity contribution in [2.75, 3.05) is 12.8 Å². The molecular formula is C14H13IN6O3S. The number of nitrogens with two attached hydrogens (primary N) is 1. The van der Waals surface area contributed by atoms with Crippen molar-refractivity contribution in [3.63, 3.8) is 0 Å². The van der Waals surface area contributed by atoms with Crippen molar-refractivity contribution in [3.05, 3.63) is 28.1 Å². The molecule has 25 heavy (non-hydrogen) atoms. The molecule has 2 aromatic heterocycles. The first kappa shape index (κ1) is 17.7. The van der Waals surface area contributed by atoms with Crippen LogP contribution in [0.1, 0.15) is 0 Å². The standard InChI is InChI=1S/C14H13IN6O3S/c1-24-7-2-3-8(15)9(4-7)25-14-19-11-12(16)17-6-18-13(11)21(14)5-10(22)20-23/h2-4,6,23H,5H2,1H3,(H,20,22)(H2,16,17,18). The SMILES string of the molecule is COc1ccc(I)c(Sc2nc3c(N)ncnc3n2CC(=O)NO)c1. The Morgan fingerprint density at radius 1 is 1.48 bits per heavy atom. The molecule has 0 bridgehead atoms. The fourth-order valence-corrected chi connectivity index (χ4v) is 3.72. The van der Waals surface area contributed by atoms with Crippen LogP contribution in [0.25, 0.3) is 11.2 Å². The summed E-state index contributed by atoms with van der Waals surface area (Å²) in [5.74, 6) is 0.326. The van der Waals surface area contributed by atoms with E-state index in [-0.39, 0.29) is 12.4 Å². The second-order valence-corrected chi connectivity index (χ2v) is 7.02. The lowest BCUT2D eigenvalue weighted by Gasteiger charge is -2.09. The van der Waals surface area contributed by atoms with E-state index in [1.165, 1.54) is 18.1 Å². The number of ether oxygens (including phenoxy) is 1. The van der Waals surface area contributed by atoms with Gasteiger partial charge in [-0.25, -0.2) is 20.4 Å². The van der Waals surface area contributed by atoms with Gasteiger partial charge in [0.1, 0.15) is 18.6 Å². The summed E-state index contributed by atoms with van der Waals surface area (Å²) in [4.78, 5) is 25.1. The molecule has 0 spiro atoms. The van der Waals surface area contributed by atoms with Crippen LogP contribution in [0.15, 0.2) is 34.6 Å². The molecule has 0 aliphatic heterocycles. The predicted molar refractivity (Wildman–Crippen MR) is 99.5 cm³/mol. The number of methoxy groups -OCH3 is 1. The largest absolute Gasteiger partial charge is 0.497 e. The maximum atomic E-state index is 11.7. The lowest BCUT2D eigenvalue weighted by molar-refractivity contribution is -0.129. The van der Waals surface area contributed by atoms with Gasteiger partial charge in [-0.1, -0.05) is 11.8 Å². The van der Waals surface area contributed by atoms with Crippen molar-refractivity contribution in [3.8, 4) is 5.75 Å². The molecular weight excluding hydrogens is 459 g/mol. The van der Waals surface area contributed by atoms with Gasteiger partial charge in [0.25, 0.3) is 5.91 Å². The number of nitrogens with zero attached hydrogens (tertiary/aromatic N) is 4. The Balaban J connectivity index is 2.10. The molecule has 0 radical (unpaired) electrons. The van der Waals surface area contributed by atoms with Gasteiger partial charge in [0, 0.05) is 8.47 Å². The number of imidazole rings is 1. The molecule has 11 heteroatoms. The summed E-state index contributed by atoms with van der Waals surface area (Å²) in [6.07, 6.45) is 1.30.